The molecule has 1 aliphatic carbocycles. The number of hydrogen-bond acceptors (Lipinski definition) is 8. The molecular weight excluding hydrogens is 684 g/mol. The lowest BCUT2D eigenvalue weighted by molar-refractivity contribution is 0.155. The molecule has 2 fully saturated rings. The molecule has 52 heavy (non-hydrogen) atoms. The summed E-state index contributed by atoms with van der Waals surface area (Å²) in [5.41, 5.74) is 5.59. The zero-order chi connectivity index (χ0) is 37.3. The quantitative estimate of drug-likeness (QED) is 0.150. The van der Waals surface area contributed by atoms with Gasteiger partial charge in [-0.25, -0.2) is 23.2 Å². The lowest BCUT2D eigenvalue weighted by Gasteiger charge is -2.30. The fourth-order valence-electron chi connectivity index (χ4n) is 7.56. The minimum absolute atomic E-state index is 0.160. The van der Waals surface area contributed by atoms with E-state index in [4.69, 9.17) is 14.7 Å². The van der Waals surface area contributed by atoms with Crippen LogP contribution in [0.2, 0.25) is 0 Å². The van der Waals surface area contributed by atoms with E-state index >= 15 is 4.48 Å². The van der Waals surface area contributed by atoms with Crippen molar-refractivity contribution in [2.75, 3.05) is 30.8 Å². The number of carbonyl (C=O) groups is 1. The van der Waals surface area contributed by atoms with Crippen molar-refractivity contribution in [3.63, 3.8) is 0 Å². The van der Waals surface area contributed by atoms with E-state index in [1.807, 2.05) is 62.2 Å². The SMILES string of the molecule is CCS(=O)(=O)c1nc(N(C)[C@H]2CCN(C(=O)O)C2)c2cc(C3CC3)c(-c3c(C)c(C(C)(C)C)cc4c3cnn4F)c(O[C@@H](C)c3ccccc3)c2n1. The molecule has 11 nitrogen and oxygen atoms in total. The molecule has 7 rings (SSSR count). The van der Waals surface area contributed by atoms with Crippen LogP contribution in [0.1, 0.15) is 88.2 Å². The van der Waals surface area contributed by atoms with E-state index in [-0.39, 0.29) is 34.8 Å². The number of carboxylic acid groups (broad SMARTS) is 1. The summed E-state index contributed by atoms with van der Waals surface area (Å²) in [5.74, 6) is 0.723. The Balaban J connectivity index is 1.61. The number of nitrogens with zero attached hydrogens (tertiary/aromatic N) is 6. The van der Waals surface area contributed by atoms with Gasteiger partial charge in [0.25, 0.3) is 0 Å². The van der Waals surface area contributed by atoms with Gasteiger partial charge in [-0.2, -0.15) is 0 Å². The molecule has 0 bridgehead atoms. The molecule has 0 unspecified atom stereocenters. The Morgan fingerprint density at radius 1 is 1.10 bits per heavy atom. The highest BCUT2D eigenvalue weighted by molar-refractivity contribution is 7.91. The number of rotatable bonds is 9. The number of likely N-dealkylation sites (N-methyl/N-ethyl adjacent to an activating group) is 1. The normalized spacial score (nSPS) is 17.2. The lowest BCUT2D eigenvalue weighted by Crippen LogP contribution is -2.37. The first-order valence-corrected chi connectivity index (χ1v) is 19.5. The molecule has 0 spiro atoms. The number of aromatic nitrogens is 4. The van der Waals surface area contributed by atoms with E-state index in [0.717, 1.165) is 46.2 Å². The third-order valence-corrected chi connectivity index (χ3v) is 12.1. The van der Waals surface area contributed by atoms with E-state index < -0.39 is 22.0 Å². The highest BCUT2D eigenvalue weighted by atomic mass is 32.2. The van der Waals surface area contributed by atoms with Gasteiger partial charge in [0.05, 0.1) is 11.9 Å². The summed E-state index contributed by atoms with van der Waals surface area (Å²) in [6, 6.07) is 13.4. The molecule has 3 aromatic carbocycles. The molecule has 13 heteroatoms. The molecular formula is C39H45FN6O5S. The summed E-state index contributed by atoms with van der Waals surface area (Å²) in [6.07, 6.45) is 2.47. The van der Waals surface area contributed by atoms with E-state index in [1.54, 1.807) is 6.92 Å². The topological polar surface area (TPSA) is 131 Å². The maximum Gasteiger partial charge on any atom is 0.407 e. The van der Waals surface area contributed by atoms with Gasteiger partial charge in [-0.3, -0.25) is 0 Å². The van der Waals surface area contributed by atoms with Crippen molar-refractivity contribution in [2.45, 2.75) is 89.4 Å². The Kier molecular flexibility index (Phi) is 8.91. The number of anilines is 1. The fourth-order valence-corrected chi connectivity index (χ4v) is 8.28. The smallest absolute Gasteiger partial charge is 0.407 e. The van der Waals surface area contributed by atoms with Crippen LogP contribution in [-0.4, -0.2) is 76.4 Å². The maximum atomic E-state index is 15.4. The van der Waals surface area contributed by atoms with Crippen molar-refractivity contribution in [1.82, 2.24) is 24.9 Å². The number of benzene rings is 3. The molecule has 2 aliphatic rings. The van der Waals surface area contributed by atoms with Crippen LogP contribution in [0.15, 0.2) is 53.8 Å². The number of hydrogen-bond donors (Lipinski definition) is 1. The van der Waals surface area contributed by atoms with Gasteiger partial charge in [-0.1, -0.05) is 67.4 Å². The van der Waals surface area contributed by atoms with E-state index in [2.05, 4.69) is 31.9 Å². The summed E-state index contributed by atoms with van der Waals surface area (Å²) in [7, 11) is -2.09. The third-order valence-electron chi connectivity index (χ3n) is 10.6. The molecule has 0 radical (unpaired) electrons. The minimum Gasteiger partial charge on any atom is -0.483 e. The number of halogens is 1. The zero-order valence-electron chi connectivity index (χ0n) is 30.6. The van der Waals surface area contributed by atoms with E-state index in [0.29, 0.717) is 51.2 Å². The molecule has 2 atom stereocenters. The van der Waals surface area contributed by atoms with Crippen LogP contribution < -0.4 is 9.64 Å². The first-order valence-electron chi connectivity index (χ1n) is 17.8. The Labute approximate surface area is 303 Å². The fraction of sp³-hybridized carbons (Fsp3) is 0.436. The second-order valence-electron chi connectivity index (χ2n) is 15.1. The van der Waals surface area contributed by atoms with Crippen LogP contribution in [0.25, 0.3) is 32.9 Å². The van der Waals surface area contributed by atoms with E-state index in [1.165, 1.54) is 11.1 Å². The van der Waals surface area contributed by atoms with Crippen LogP contribution in [0.5, 0.6) is 5.75 Å². The maximum absolute atomic E-state index is 15.4. The molecule has 3 heterocycles. The number of fused-ring (bicyclic) bond motifs is 2. The number of ether oxygens (including phenoxy) is 1. The third kappa shape index (κ3) is 6.22. The van der Waals surface area contributed by atoms with Gasteiger partial charge in [0.2, 0.25) is 15.0 Å². The standard InChI is InChI=1S/C39H45FN6O5S/c1-8-52(49,50)37-42-34-28(36(43-37)44(7)26-16-17-45(21-26)38(47)48)18-27(25-14-15-25)33(35(34)51-23(3)24-12-10-9-11-13-24)32-22(2)30(39(4,5)6)19-31-29(32)20-41-46(31)40/h9-13,18-20,23,25-26H,8,14-17,21H2,1-7H3,(H,47,48)/t23-,26-/m0/s1. The van der Waals surface area contributed by atoms with E-state index in [9.17, 15) is 18.3 Å². The van der Waals surface area contributed by atoms with Gasteiger partial charge in [0.15, 0.2) is 5.75 Å². The van der Waals surface area contributed by atoms with Gasteiger partial charge in [0, 0.05) is 48.1 Å². The first kappa shape index (κ1) is 35.6. The predicted octanol–water partition coefficient (Wildman–Crippen LogP) is 7.98. The second kappa shape index (κ2) is 13.0. The first-order chi connectivity index (χ1) is 24.6. The van der Waals surface area contributed by atoms with Crippen molar-refractivity contribution in [2.24, 2.45) is 0 Å². The molecule has 5 aromatic rings. The average Bonchev–Trinajstić information content (AvgIpc) is 3.71. The van der Waals surface area contributed by atoms with Gasteiger partial charge >= 0.3 is 6.09 Å². The van der Waals surface area contributed by atoms with Crippen molar-refractivity contribution < 1.29 is 27.5 Å². The van der Waals surface area contributed by atoms with Gasteiger partial charge in [-0.05, 0) is 78.8 Å². The highest BCUT2D eigenvalue weighted by Crippen LogP contribution is 2.54. The summed E-state index contributed by atoms with van der Waals surface area (Å²) in [6.45, 7) is 12.4. The van der Waals surface area contributed by atoms with Crippen molar-refractivity contribution in [3.8, 4) is 16.9 Å². The Bertz CT molecular complexity index is 2320. The van der Waals surface area contributed by atoms with Crippen molar-refractivity contribution >= 4 is 43.6 Å². The predicted molar refractivity (Wildman–Crippen MR) is 200 cm³/mol. The van der Waals surface area contributed by atoms with Crippen LogP contribution in [0, 0.1) is 6.92 Å². The zero-order valence-corrected chi connectivity index (χ0v) is 31.5. The Morgan fingerprint density at radius 2 is 1.81 bits per heavy atom. The summed E-state index contributed by atoms with van der Waals surface area (Å²) in [5, 5.41) is 14.7. The summed E-state index contributed by atoms with van der Waals surface area (Å²) in [4.78, 5) is 25.1. The molecule has 1 saturated carbocycles. The van der Waals surface area contributed by atoms with Crippen LogP contribution >= 0.6 is 0 Å². The molecule has 1 saturated heterocycles. The number of amides is 1. The average molecular weight is 729 g/mol. The van der Waals surface area contributed by atoms with Gasteiger partial charge in [0.1, 0.15) is 23.0 Å². The minimum atomic E-state index is -3.92. The lowest BCUT2D eigenvalue weighted by atomic mass is 9.79. The molecule has 1 aliphatic heterocycles. The molecule has 1 amide bonds. The number of sulfone groups is 1. The van der Waals surface area contributed by atoms with Crippen LogP contribution in [0.4, 0.5) is 15.1 Å². The molecule has 274 valence electrons. The highest BCUT2D eigenvalue weighted by Gasteiger charge is 2.37. The largest absolute Gasteiger partial charge is 0.483 e. The summed E-state index contributed by atoms with van der Waals surface area (Å²) >= 11 is 0. The Morgan fingerprint density at radius 3 is 2.42 bits per heavy atom. The molecule has 1 N–H and O–H groups in total. The van der Waals surface area contributed by atoms with Gasteiger partial charge in [-0.15, -0.1) is 5.10 Å². The second-order valence-corrected chi connectivity index (χ2v) is 17.3. The molecule has 2 aromatic heterocycles. The monoisotopic (exact) mass is 728 g/mol. The van der Waals surface area contributed by atoms with Crippen LogP contribution in [-0.2, 0) is 15.3 Å². The summed E-state index contributed by atoms with van der Waals surface area (Å²) < 4.78 is 49.8. The van der Waals surface area contributed by atoms with Gasteiger partial charge < -0.3 is 19.6 Å². The number of likely N-dealkylation sites (tertiary alicyclic amines) is 1. The Hall–Kier alpha value is -4.78. The van der Waals surface area contributed by atoms with Crippen LogP contribution in [0.3, 0.4) is 0 Å². The van der Waals surface area contributed by atoms with Crippen molar-refractivity contribution in [1.29, 1.82) is 0 Å². The van der Waals surface area contributed by atoms with Crippen molar-refractivity contribution in [3.05, 3.63) is 70.9 Å².